The van der Waals surface area contributed by atoms with Crippen molar-refractivity contribution >= 4 is 48.4 Å². The summed E-state index contributed by atoms with van der Waals surface area (Å²) in [6, 6.07) is 5.99. The minimum atomic E-state index is -0.859. The zero-order valence-electron chi connectivity index (χ0n) is 8.55. The number of halogens is 1. The van der Waals surface area contributed by atoms with Crippen LogP contribution < -0.4 is 0 Å². The fourth-order valence-corrected chi connectivity index (χ4v) is 3.34. The van der Waals surface area contributed by atoms with Crippen molar-refractivity contribution < 1.29 is 9.90 Å². The first-order valence-electron chi connectivity index (χ1n) is 4.91. The van der Waals surface area contributed by atoms with Crippen LogP contribution in [-0.4, -0.2) is 20.5 Å². The van der Waals surface area contributed by atoms with Gasteiger partial charge in [-0.15, -0.1) is 0 Å². The first kappa shape index (κ1) is 10.7. The first-order valence-corrected chi connectivity index (χ1v) is 6.52. The SMILES string of the molecule is O=C(O)Cc1cn2c(n1)sc1cc(Br)ccc12. The zero-order valence-corrected chi connectivity index (χ0v) is 11.0. The number of imidazole rings is 1. The van der Waals surface area contributed by atoms with E-state index in [9.17, 15) is 4.79 Å². The van der Waals surface area contributed by atoms with Gasteiger partial charge in [0.05, 0.1) is 22.3 Å². The Morgan fingerprint density at radius 1 is 1.53 bits per heavy atom. The Morgan fingerprint density at radius 3 is 3.12 bits per heavy atom. The normalized spacial score (nSPS) is 11.4. The van der Waals surface area contributed by atoms with Gasteiger partial charge in [-0.25, -0.2) is 4.98 Å². The topological polar surface area (TPSA) is 54.6 Å². The second-order valence-corrected chi connectivity index (χ2v) is 5.59. The Balaban J connectivity index is 2.21. The third kappa shape index (κ3) is 1.83. The summed E-state index contributed by atoms with van der Waals surface area (Å²) in [5.74, 6) is -0.859. The highest BCUT2D eigenvalue weighted by atomic mass is 79.9. The Kier molecular flexibility index (Phi) is 2.41. The summed E-state index contributed by atoms with van der Waals surface area (Å²) in [5, 5.41) is 8.73. The highest BCUT2D eigenvalue weighted by Gasteiger charge is 2.10. The molecule has 0 bridgehead atoms. The number of carboxylic acids is 1. The molecule has 0 fully saturated rings. The number of hydrogen-bond acceptors (Lipinski definition) is 3. The van der Waals surface area contributed by atoms with Crippen LogP contribution in [0.3, 0.4) is 0 Å². The predicted molar refractivity (Wildman–Crippen MR) is 69.6 cm³/mol. The molecule has 0 atom stereocenters. The van der Waals surface area contributed by atoms with Gasteiger partial charge in [0.1, 0.15) is 0 Å². The van der Waals surface area contributed by atoms with E-state index in [4.69, 9.17) is 5.11 Å². The predicted octanol–water partition coefficient (Wildman–Crippen LogP) is 2.94. The molecule has 1 aromatic carbocycles. The molecule has 2 aromatic heterocycles. The van der Waals surface area contributed by atoms with Crippen molar-refractivity contribution in [3.8, 4) is 0 Å². The maximum absolute atomic E-state index is 10.6. The van der Waals surface area contributed by atoms with Gasteiger partial charge in [0.2, 0.25) is 0 Å². The number of aliphatic carboxylic acids is 1. The molecule has 86 valence electrons. The molecule has 2 heterocycles. The van der Waals surface area contributed by atoms with Crippen molar-refractivity contribution in [2.24, 2.45) is 0 Å². The van der Waals surface area contributed by atoms with Crippen LogP contribution in [0.25, 0.3) is 15.2 Å². The molecule has 0 aliphatic heterocycles. The quantitative estimate of drug-likeness (QED) is 0.791. The molecule has 3 rings (SSSR count). The number of carboxylic acid groups (broad SMARTS) is 1. The van der Waals surface area contributed by atoms with Gasteiger partial charge < -0.3 is 5.11 Å². The lowest BCUT2D eigenvalue weighted by molar-refractivity contribution is -0.136. The maximum atomic E-state index is 10.6. The van der Waals surface area contributed by atoms with Gasteiger partial charge >= 0.3 is 5.97 Å². The standard InChI is InChI=1S/C11H7BrN2O2S/c12-6-1-2-8-9(3-6)17-11-13-7(4-10(15)16)5-14(8)11/h1-3,5H,4H2,(H,15,16). The molecule has 0 unspecified atom stereocenters. The van der Waals surface area contributed by atoms with E-state index in [0.717, 1.165) is 19.7 Å². The molecule has 0 spiro atoms. The molecule has 1 N–H and O–H groups in total. The number of fused-ring (bicyclic) bond motifs is 3. The number of carbonyl (C=O) groups is 1. The molecule has 0 aliphatic rings. The van der Waals surface area contributed by atoms with Crippen molar-refractivity contribution in [3.05, 3.63) is 34.6 Å². The second-order valence-electron chi connectivity index (χ2n) is 3.67. The number of hydrogen-bond donors (Lipinski definition) is 1. The van der Waals surface area contributed by atoms with Gasteiger partial charge in [-0.1, -0.05) is 27.3 Å². The lowest BCUT2D eigenvalue weighted by atomic mass is 10.3. The molecule has 0 saturated carbocycles. The van der Waals surface area contributed by atoms with Crippen LogP contribution >= 0.6 is 27.3 Å². The van der Waals surface area contributed by atoms with Crippen molar-refractivity contribution in [1.29, 1.82) is 0 Å². The second kappa shape index (κ2) is 3.82. The van der Waals surface area contributed by atoms with E-state index in [2.05, 4.69) is 20.9 Å². The van der Waals surface area contributed by atoms with E-state index in [0.29, 0.717) is 5.69 Å². The van der Waals surface area contributed by atoms with Crippen LogP contribution in [0.5, 0.6) is 0 Å². The summed E-state index contributed by atoms with van der Waals surface area (Å²) in [6.45, 7) is 0. The van der Waals surface area contributed by atoms with Crippen molar-refractivity contribution in [2.75, 3.05) is 0 Å². The fraction of sp³-hybridized carbons (Fsp3) is 0.0909. The Morgan fingerprint density at radius 2 is 2.35 bits per heavy atom. The van der Waals surface area contributed by atoms with E-state index < -0.39 is 5.97 Å². The molecular weight excluding hydrogens is 304 g/mol. The Bertz CT molecular complexity index is 732. The van der Waals surface area contributed by atoms with Crippen LogP contribution in [-0.2, 0) is 11.2 Å². The third-order valence-electron chi connectivity index (χ3n) is 2.44. The van der Waals surface area contributed by atoms with Gasteiger partial charge in [0, 0.05) is 10.7 Å². The molecule has 0 amide bonds. The van der Waals surface area contributed by atoms with Crippen LogP contribution in [0.2, 0.25) is 0 Å². The minimum Gasteiger partial charge on any atom is -0.481 e. The average Bonchev–Trinajstić information content (AvgIpc) is 2.72. The van der Waals surface area contributed by atoms with E-state index in [-0.39, 0.29) is 6.42 Å². The lowest BCUT2D eigenvalue weighted by Crippen LogP contribution is -1.99. The average molecular weight is 311 g/mol. The third-order valence-corrected chi connectivity index (χ3v) is 3.95. The summed E-state index contributed by atoms with van der Waals surface area (Å²) >= 11 is 4.98. The molecule has 0 aliphatic carbocycles. The van der Waals surface area contributed by atoms with E-state index in [1.54, 1.807) is 17.5 Å². The molecule has 6 heteroatoms. The smallest absolute Gasteiger partial charge is 0.309 e. The maximum Gasteiger partial charge on any atom is 0.309 e. The molecule has 17 heavy (non-hydrogen) atoms. The minimum absolute atomic E-state index is 0.0353. The van der Waals surface area contributed by atoms with Crippen molar-refractivity contribution in [1.82, 2.24) is 9.38 Å². The van der Waals surface area contributed by atoms with E-state index in [1.807, 2.05) is 22.6 Å². The highest BCUT2D eigenvalue weighted by molar-refractivity contribution is 9.10. The summed E-state index contributed by atoms with van der Waals surface area (Å²) in [6.07, 6.45) is 1.75. The van der Waals surface area contributed by atoms with Crippen molar-refractivity contribution in [2.45, 2.75) is 6.42 Å². The lowest BCUT2D eigenvalue weighted by Gasteiger charge is -1.92. The molecule has 4 nitrogen and oxygen atoms in total. The van der Waals surface area contributed by atoms with Gasteiger partial charge in [-0.2, -0.15) is 0 Å². The van der Waals surface area contributed by atoms with E-state index in [1.165, 1.54) is 0 Å². The molecular formula is C11H7BrN2O2S. The van der Waals surface area contributed by atoms with Crippen LogP contribution in [0.15, 0.2) is 28.9 Å². The van der Waals surface area contributed by atoms with E-state index >= 15 is 0 Å². The molecule has 0 saturated heterocycles. The number of benzene rings is 1. The van der Waals surface area contributed by atoms with Crippen molar-refractivity contribution in [3.63, 3.8) is 0 Å². The summed E-state index contributed by atoms with van der Waals surface area (Å²) in [4.78, 5) is 15.8. The Hall–Kier alpha value is -1.40. The monoisotopic (exact) mass is 310 g/mol. The van der Waals surface area contributed by atoms with Gasteiger partial charge in [-0.05, 0) is 18.2 Å². The van der Waals surface area contributed by atoms with Gasteiger partial charge in [-0.3, -0.25) is 9.20 Å². The number of thiazole rings is 1. The first-order chi connectivity index (χ1) is 8.13. The number of aromatic nitrogens is 2. The molecule has 3 aromatic rings. The Labute approximate surface area is 109 Å². The van der Waals surface area contributed by atoms with Gasteiger partial charge in [0.25, 0.3) is 0 Å². The van der Waals surface area contributed by atoms with Gasteiger partial charge in [0.15, 0.2) is 4.96 Å². The zero-order chi connectivity index (χ0) is 12.0. The summed E-state index contributed by atoms with van der Waals surface area (Å²) < 4.78 is 4.09. The van der Waals surface area contributed by atoms with Crippen LogP contribution in [0.1, 0.15) is 5.69 Å². The number of rotatable bonds is 2. The largest absolute Gasteiger partial charge is 0.481 e. The summed E-state index contributed by atoms with van der Waals surface area (Å²) in [7, 11) is 0. The fourth-order valence-electron chi connectivity index (χ4n) is 1.76. The highest BCUT2D eigenvalue weighted by Crippen LogP contribution is 2.28. The van der Waals surface area contributed by atoms with Crippen LogP contribution in [0, 0.1) is 0 Å². The molecule has 0 radical (unpaired) electrons. The summed E-state index contributed by atoms with van der Waals surface area (Å²) in [5.41, 5.74) is 1.64. The van der Waals surface area contributed by atoms with Crippen LogP contribution in [0.4, 0.5) is 0 Å². The number of nitrogens with zero attached hydrogens (tertiary/aromatic N) is 2.